The fourth-order valence-corrected chi connectivity index (χ4v) is 2.80. The summed E-state index contributed by atoms with van der Waals surface area (Å²) < 4.78 is 5.28. The number of benzene rings is 2. The summed E-state index contributed by atoms with van der Waals surface area (Å²) >= 11 is 0. The lowest BCUT2D eigenvalue weighted by atomic mass is 10.1. The maximum atomic E-state index is 12.7. The molecule has 0 atom stereocenters. The van der Waals surface area contributed by atoms with Crippen molar-refractivity contribution in [3.05, 3.63) is 60.3 Å². The molecule has 23 heavy (non-hydrogen) atoms. The molecule has 0 aliphatic heterocycles. The second-order valence-corrected chi connectivity index (χ2v) is 5.38. The van der Waals surface area contributed by atoms with Crippen LogP contribution < -0.4 is 9.64 Å². The lowest BCUT2D eigenvalue weighted by Crippen LogP contribution is -2.31. The normalized spacial score (nSPS) is 10.7. The second kappa shape index (κ2) is 6.57. The van der Waals surface area contributed by atoms with Crippen LogP contribution in [0.5, 0.6) is 5.75 Å². The first-order valence-electron chi connectivity index (χ1n) is 7.72. The topological polar surface area (TPSA) is 45.3 Å². The van der Waals surface area contributed by atoms with E-state index in [1.54, 1.807) is 12.0 Å². The summed E-state index contributed by atoms with van der Waals surface area (Å²) in [6.45, 7) is 2.64. The maximum absolute atomic E-state index is 12.7. The number of hydrogen-bond donors (Lipinski definition) is 1. The van der Waals surface area contributed by atoms with Crippen molar-refractivity contribution in [1.82, 2.24) is 4.98 Å². The number of carbonyl (C=O) groups is 1. The number of ether oxygens (including phenoxy) is 1. The Balaban J connectivity index is 1.87. The predicted molar refractivity (Wildman–Crippen MR) is 93.0 cm³/mol. The summed E-state index contributed by atoms with van der Waals surface area (Å²) in [7, 11) is 1.65. The van der Waals surface area contributed by atoms with E-state index < -0.39 is 0 Å². The van der Waals surface area contributed by atoms with Gasteiger partial charge in [-0.15, -0.1) is 0 Å². The van der Waals surface area contributed by atoms with Crippen LogP contribution in [-0.4, -0.2) is 24.5 Å². The van der Waals surface area contributed by atoms with E-state index in [0.717, 1.165) is 27.9 Å². The van der Waals surface area contributed by atoms with Crippen LogP contribution in [0.25, 0.3) is 10.9 Å². The minimum atomic E-state index is 0.0856. The number of fused-ring (bicyclic) bond motifs is 1. The maximum Gasteiger partial charge on any atom is 0.231 e. The zero-order valence-electron chi connectivity index (χ0n) is 13.4. The number of nitrogens with zero attached hydrogens (tertiary/aromatic N) is 1. The van der Waals surface area contributed by atoms with Gasteiger partial charge < -0.3 is 14.6 Å². The van der Waals surface area contributed by atoms with Crippen LogP contribution in [0.2, 0.25) is 0 Å². The molecule has 0 unspecified atom stereocenters. The monoisotopic (exact) mass is 308 g/mol. The Bertz CT molecular complexity index is 809. The quantitative estimate of drug-likeness (QED) is 0.780. The van der Waals surface area contributed by atoms with E-state index in [4.69, 9.17) is 4.74 Å². The summed E-state index contributed by atoms with van der Waals surface area (Å²) in [6, 6.07) is 15.6. The molecule has 0 fully saturated rings. The Labute approximate surface area is 135 Å². The molecule has 0 spiro atoms. The van der Waals surface area contributed by atoms with Crippen LogP contribution in [0, 0.1) is 0 Å². The van der Waals surface area contributed by atoms with Gasteiger partial charge in [-0.25, -0.2) is 0 Å². The Morgan fingerprint density at radius 1 is 1.17 bits per heavy atom. The average Bonchev–Trinajstić information content (AvgIpc) is 2.98. The molecule has 1 heterocycles. The minimum Gasteiger partial charge on any atom is -0.497 e. The van der Waals surface area contributed by atoms with E-state index >= 15 is 0 Å². The molecule has 0 aliphatic carbocycles. The highest BCUT2D eigenvalue weighted by atomic mass is 16.5. The lowest BCUT2D eigenvalue weighted by molar-refractivity contribution is -0.117. The first-order valence-corrected chi connectivity index (χ1v) is 7.72. The molecular formula is C19H20N2O2. The van der Waals surface area contributed by atoms with Crippen molar-refractivity contribution in [2.75, 3.05) is 18.6 Å². The number of anilines is 1. The summed E-state index contributed by atoms with van der Waals surface area (Å²) in [5.41, 5.74) is 2.92. The largest absolute Gasteiger partial charge is 0.497 e. The van der Waals surface area contributed by atoms with Crippen molar-refractivity contribution in [3.63, 3.8) is 0 Å². The van der Waals surface area contributed by atoms with Crippen molar-refractivity contribution in [3.8, 4) is 5.75 Å². The average molecular weight is 308 g/mol. The van der Waals surface area contributed by atoms with E-state index in [2.05, 4.69) is 4.98 Å². The number of para-hydroxylation sites is 1. The van der Waals surface area contributed by atoms with E-state index in [0.29, 0.717) is 13.0 Å². The van der Waals surface area contributed by atoms with Crippen LogP contribution in [0.15, 0.2) is 54.7 Å². The number of H-pyrrole nitrogens is 1. The van der Waals surface area contributed by atoms with Crippen LogP contribution in [0.3, 0.4) is 0 Å². The zero-order valence-corrected chi connectivity index (χ0v) is 13.4. The smallest absolute Gasteiger partial charge is 0.231 e. The summed E-state index contributed by atoms with van der Waals surface area (Å²) in [5, 5.41) is 1.03. The van der Waals surface area contributed by atoms with Crippen LogP contribution in [-0.2, 0) is 11.2 Å². The first kappa shape index (κ1) is 15.2. The molecule has 3 aromatic rings. The minimum absolute atomic E-state index is 0.0856. The Morgan fingerprint density at radius 3 is 2.65 bits per heavy atom. The molecule has 3 rings (SSSR count). The van der Waals surface area contributed by atoms with Gasteiger partial charge in [0.15, 0.2) is 0 Å². The molecule has 0 saturated carbocycles. The second-order valence-electron chi connectivity index (χ2n) is 5.38. The zero-order chi connectivity index (χ0) is 16.2. The van der Waals surface area contributed by atoms with Crippen LogP contribution >= 0.6 is 0 Å². The van der Waals surface area contributed by atoms with Gasteiger partial charge >= 0.3 is 0 Å². The number of hydrogen-bond acceptors (Lipinski definition) is 2. The van der Waals surface area contributed by atoms with Crippen molar-refractivity contribution in [2.45, 2.75) is 13.3 Å². The van der Waals surface area contributed by atoms with E-state index in [-0.39, 0.29) is 5.91 Å². The number of aromatic nitrogens is 1. The molecular weight excluding hydrogens is 288 g/mol. The molecule has 0 bridgehead atoms. The third kappa shape index (κ3) is 3.06. The third-order valence-corrected chi connectivity index (χ3v) is 4.00. The highest BCUT2D eigenvalue weighted by Crippen LogP contribution is 2.25. The number of likely N-dealkylation sites (N-methyl/N-ethyl adjacent to an activating group) is 1. The van der Waals surface area contributed by atoms with Gasteiger partial charge in [-0.3, -0.25) is 4.79 Å². The van der Waals surface area contributed by atoms with Crippen molar-refractivity contribution >= 4 is 22.5 Å². The third-order valence-electron chi connectivity index (χ3n) is 4.00. The first-order chi connectivity index (χ1) is 11.2. The molecule has 2 aromatic carbocycles. The predicted octanol–water partition coefficient (Wildman–Crippen LogP) is 3.77. The SMILES string of the molecule is CCN(C(=O)Cc1c[nH]c2ccc(OC)cc12)c1ccccc1. The molecule has 0 radical (unpaired) electrons. The molecule has 0 saturated heterocycles. The van der Waals surface area contributed by atoms with Crippen LogP contribution in [0.4, 0.5) is 5.69 Å². The van der Waals surface area contributed by atoms with E-state index in [1.165, 1.54) is 0 Å². The fraction of sp³-hybridized carbons (Fsp3) is 0.211. The van der Waals surface area contributed by atoms with Crippen molar-refractivity contribution in [2.24, 2.45) is 0 Å². The Kier molecular flexibility index (Phi) is 4.33. The summed E-state index contributed by atoms with van der Waals surface area (Å²) in [4.78, 5) is 17.7. The van der Waals surface area contributed by atoms with Crippen molar-refractivity contribution < 1.29 is 9.53 Å². The number of aromatic amines is 1. The van der Waals surface area contributed by atoms with Gasteiger partial charge in [0.2, 0.25) is 5.91 Å². The molecule has 1 aromatic heterocycles. The number of nitrogens with one attached hydrogen (secondary N) is 1. The van der Waals surface area contributed by atoms with E-state index in [9.17, 15) is 4.79 Å². The standard InChI is InChI=1S/C19H20N2O2/c1-3-21(15-7-5-4-6-8-15)19(22)11-14-13-20-18-10-9-16(23-2)12-17(14)18/h4-10,12-13,20H,3,11H2,1-2H3. The number of carbonyl (C=O) groups excluding carboxylic acids is 1. The highest BCUT2D eigenvalue weighted by molar-refractivity contribution is 5.97. The van der Waals surface area contributed by atoms with Crippen molar-refractivity contribution in [1.29, 1.82) is 0 Å². The van der Waals surface area contributed by atoms with Gasteiger partial charge in [0.1, 0.15) is 5.75 Å². The van der Waals surface area contributed by atoms with Crippen LogP contribution in [0.1, 0.15) is 12.5 Å². The number of amides is 1. The lowest BCUT2D eigenvalue weighted by Gasteiger charge is -2.21. The molecule has 118 valence electrons. The van der Waals surface area contributed by atoms with Gasteiger partial charge in [0.25, 0.3) is 0 Å². The van der Waals surface area contributed by atoms with Gasteiger partial charge in [-0.1, -0.05) is 18.2 Å². The number of methoxy groups -OCH3 is 1. The van der Waals surface area contributed by atoms with Gasteiger partial charge in [0, 0.05) is 29.3 Å². The number of rotatable bonds is 5. The van der Waals surface area contributed by atoms with Gasteiger partial charge in [-0.05, 0) is 42.8 Å². The molecule has 1 N–H and O–H groups in total. The Hall–Kier alpha value is -2.75. The highest BCUT2D eigenvalue weighted by Gasteiger charge is 2.16. The molecule has 4 nitrogen and oxygen atoms in total. The molecule has 1 amide bonds. The fourth-order valence-electron chi connectivity index (χ4n) is 2.80. The van der Waals surface area contributed by atoms with Gasteiger partial charge in [-0.2, -0.15) is 0 Å². The van der Waals surface area contributed by atoms with Gasteiger partial charge in [0.05, 0.1) is 13.5 Å². The molecule has 4 heteroatoms. The Morgan fingerprint density at radius 2 is 1.96 bits per heavy atom. The summed E-state index contributed by atoms with van der Waals surface area (Å²) in [6.07, 6.45) is 2.26. The van der Waals surface area contributed by atoms with E-state index in [1.807, 2.05) is 61.7 Å². The molecule has 0 aliphatic rings. The summed E-state index contributed by atoms with van der Waals surface area (Å²) in [5.74, 6) is 0.878.